The van der Waals surface area contributed by atoms with Gasteiger partial charge in [0, 0.05) is 24.5 Å². The van der Waals surface area contributed by atoms with Crippen molar-refractivity contribution in [1.82, 2.24) is 4.90 Å². The van der Waals surface area contributed by atoms with Crippen molar-refractivity contribution in [2.45, 2.75) is 12.8 Å². The van der Waals surface area contributed by atoms with Crippen LogP contribution in [0.15, 0.2) is 54.6 Å². The molecule has 2 aromatic rings. The molecule has 132 valence electrons. The summed E-state index contributed by atoms with van der Waals surface area (Å²) < 4.78 is 0. The molecule has 0 spiro atoms. The van der Waals surface area contributed by atoms with Crippen molar-refractivity contribution < 1.29 is 9.59 Å². The second kappa shape index (κ2) is 8.17. The zero-order valence-corrected chi connectivity index (χ0v) is 14.3. The second-order valence-electron chi connectivity index (χ2n) is 6.26. The van der Waals surface area contributed by atoms with Gasteiger partial charge in [-0.25, -0.2) is 4.79 Å². The summed E-state index contributed by atoms with van der Waals surface area (Å²) in [5.74, 6) is -0.289. The van der Waals surface area contributed by atoms with Crippen molar-refractivity contribution >= 4 is 23.3 Å². The highest BCUT2D eigenvalue weighted by atomic mass is 16.2. The number of nitrogens with one attached hydrogen (secondary N) is 2. The largest absolute Gasteiger partial charge is 0.326 e. The summed E-state index contributed by atoms with van der Waals surface area (Å²) in [7, 11) is 0. The molecule has 1 heterocycles. The van der Waals surface area contributed by atoms with E-state index < -0.39 is 0 Å². The second-order valence-corrected chi connectivity index (χ2v) is 6.26. The van der Waals surface area contributed by atoms with Crippen LogP contribution in [0, 0.1) is 17.2 Å². The summed E-state index contributed by atoms with van der Waals surface area (Å²) in [6.07, 6.45) is 1.55. The summed E-state index contributed by atoms with van der Waals surface area (Å²) in [6, 6.07) is 17.8. The van der Waals surface area contributed by atoms with Crippen LogP contribution in [0.3, 0.4) is 0 Å². The third-order valence-electron chi connectivity index (χ3n) is 4.39. The molecular weight excluding hydrogens is 328 g/mol. The van der Waals surface area contributed by atoms with Gasteiger partial charge in [0.05, 0.1) is 17.6 Å². The van der Waals surface area contributed by atoms with Gasteiger partial charge in [0.2, 0.25) is 5.91 Å². The van der Waals surface area contributed by atoms with Crippen LogP contribution in [0.2, 0.25) is 0 Å². The number of likely N-dealkylation sites (tertiary alicyclic amines) is 1. The van der Waals surface area contributed by atoms with E-state index in [4.69, 9.17) is 5.26 Å². The van der Waals surface area contributed by atoms with E-state index in [1.165, 1.54) is 0 Å². The molecule has 1 saturated heterocycles. The lowest BCUT2D eigenvalue weighted by atomic mass is 9.97. The quantitative estimate of drug-likeness (QED) is 0.891. The minimum absolute atomic E-state index is 0.0629. The molecule has 2 N–H and O–H groups in total. The van der Waals surface area contributed by atoms with E-state index in [1.807, 2.05) is 36.4 Å². The molecule has 0 aromatic heterocycles. The summed E-state index contributed by atoms with van der Waals surface area (Å²) in [4.78, 5) is 26.6. The number of carbonyl (C=O) groups is 2. The molecule has 2 aromatic carbocycles. The number of carbonyl (C=O) groups excluding carboxylic acids is 2. The number of rotatable bonds is 3. The lowest BCUT2D eigenvalue weighted by molar-refractivity contribution is -0.121. The normalized spacial score (nSPS) is 16.4. The summed E-state index contributed by atoms with van der Waals surface area (Å²) in [5.41, 5.74) is 1.93. The van der Waals surface area contributed by atoms with Crippen molar-refractivity contribution in [1.29, 1.82) is 5.26 Å². The highest BCUT2D eigenvalue weighted by molar-refractivity contribution is 5.94. The van der Waals surface area contributed by atoms with Crippen LogP contribution in [-0.2, 0) is 4.79 Å². The Balaban J connectivity index is 1.57. The first-order valence-corrected chi connectivity index (χ1v) is 8.58. The van der Waals surface area contributed by atoms with Gasteiger partial charge < -0.3 is 15.5 Å². The van der Waals surface area contributed by atoms with E-state index >= 15 is 0 Å². The van der Waals surface area contributed by atoms with Gasteiger partial charge in [-0.05, 0) is 49.2 Å². The molecule has 1 fully saturated rings. The number of nitriles is 1. The Bertz CT molecular complexity index is 812. The number of hydrogen-bond acceptors (Lipinski definition) is 3. The van der Waals surface area contributed by atoms with Crippen molar-refractivity contribution in [3.8, 4) is 6.07 Å². The Morgan fingerprint density at radius 2 is 1.69 bits per heavy atom. The van der Waals surface area contributed by atoms with Gasteiger partial charge in [0.1, 0.15) is 0 Å². The highest BCUT2D eigenvalue weighted by Crippen LogP contribution is 2.20. The topological polar surface area (TPSA) is 85.2 Å². The van der Waals surface area contributed by atoms with E-state index in [2.05, 4.69) is 10.6 Å². The molecule has 1 atom stereocenters. The standard InChI is InChI=1S/C20H20N4O2/c21-13-15-8-10-18(11-9-15)23-20(26)24-12-4-5-16(14-24)19(25)22-17-6-2-1-3-7-17/h1-3,6-11,16H,4-5,12,14H2,(H,22,25)(H,23,26). The predicted octanol–water partition coefficient (Wildman–Crippen LogP) is 3.44. The molecule has 6 nitrogen and oxygen atoms in total. The van der Waals surface area contributed by atoms with Crippen molar-refractivity contribution in [3.05, 3.63) is 60.2 Å². The maximum absolute atomic E-state index is 12.5. The van der Waals surface area contributed by atoms with Gasteiger partial charge in [-0.1, -0.05) is 18.2 Å². The van der Waals surface area contributed by atoms with Crippen LogP contribution in [0.1, 0.15) is 18.4 Å². The Morgan fingerprint density at radius 3 is 2.38 bits per heavy atom. The van der Waals surface area contributed by atoms with Crippen LogP contribution in [-0.4, -0.2) is 29.9 Å². The molecular formula is C20H20N4O2. The van der Waals surface area contributed by atoms with Crippen LogP contribution in [0.25, 0.3) is 0 Å². The molecule has 26 heavy (non-hydrogen) atoms. The number of para-hydroxylation sites is 1. The Labute approximate surface area is 152 Å². The average Bonchev–Trinajstić information content (AvgIpc) is 2.69. The average molecular weight is 348 g/mol. The lowest BCUT2D eigenvalue weighted by Crippen LogP contribution is -2.45. The number of nitrogens with zero attached hydrogens (tertiary/aromatic N) is 2. The van der Waals surface area contributed by atoms with Gasteiger partial charge in [-0.3, -0.25) is 4.79 Å². The summed E-state index contributed by atoms with van der Waals surface area (Å²) >= 11 is 0. The molecule has 0 aliphatic carbocycles. The van der Waals surface area contributed by atoms with E-state index in [0.29, 0.717) is 24.3 Å². The number of benzene rings is 2. The number of urea groups is 1. The first-order chi connectivity index (χ1) is 12.7. The number of amides is 3. The van der Waals surface area contributed by atoms with E-state index in [9.17, 15) is 9.59 Å². The highest BCUT2D eigenvalue weighted by Gasteiger charge is 2.28. The third kappa shape index (κ3) is 4.39. The molecule has 1 aliphatic heterocycles. The summed E-state index contributed by atoms with van der Waals surface area (Å²) in [6.45, 7) is 1.01. The van der Waals surface area contributed by atoms with Gasteiger partial charge in [-0.2, -0.15) is 5.26 Å². The van der Waals surface area contributed by atoms with E-state index in [-0.39, 0.29) is 17.9 Å². The third-order valence-corrected chi connectivity index (χ3v) is 4.39. The monoisotopic (exact) mass is 348 g/mol. The maximum Gasteiger partial charge on any atom is 0.321 e. The van der Waals surface area contributed by atoms with Crippen LogP contribution in [0.4, 0.5) is 16.2 Å². The van der Waals surface area contributed by atoms with Crippen molar-refractivity contribution in [2.75, 3.05) is 23.7 Å². The first kappa shape index (κ1) is 17.5. The molecule has 1 aliphatic rings. The summed E-state index contributed by atoms with van der Waals surface area (Å²) in [5, 5.41) is 14.5. The minimum Gasteiger partial charge on any atom is -0.326 e. The van der Waals surface area contributed by atoms with Gasteiger partial charge in [0.25, 0.3) is 0 Å². The first-order valence-electron chi connectivity index (χ1n) is 8.58. The number of piperidine rings is 1. The van der Waals surface area contributed by atoms with Crippen LogP contribution >= 0.6 is 0 Å². The molecule has 0 radical (unpaired) electrons. The van der Waals surface area contributed by atoms with Gasteiger partial charge >= 0.3 is 6.03 Å². The predicted molar refractivity (Wildman–Crippen MR) is 99.5 cm³/mol. The molecule has 6 heteroatoms. The Morgan fingerprint density at radius 1 is 1.00 bits per heavy atom. The van der Waals surface area contributed by atoms with Gasteiger partial charge in [-0.15, -0.1) is 0 Å². The smallest absolute Gasteiger partial charge is 0.321 e. The maximum atomic E-state index is 12.5. The molecule has 1 unspecified atom stereocenters. The zero-order chi connectivity index (χ0) is 18.4. The minimum atomic E-state index is -0.230. The zero-order valence-electron chi connectivity index (χ0n) is 14.3. The fraction of sp³-hybridized carbons (Fsp3) is 0.250. The van der Waals surface area contributed by atoms with Crippen molar-refractivity contribution in [2.24, 2.45) is 5.92 Å². The molecule has 0 saturated carbocycles. The van der Waals surface area contributed by atoms with Crippen molar-refractivity contribution in [3.63, 3.8) is 0 Å². The fourth-order valence-electron chi connectivity index (χ4n) is 2.97. The van der Waals surface area contributed by atoms with Crippen LogP contribution < -0.4 is 10.6 Å². The number of anilines is 2. The van der Waals surface area contributed by atoms with Gasteiger partial charge in [0.15, 0.2) is 0 Å². The molecule has 3 amide bonds. The van der Waals surface area contributed by atoms with E-state index in [1.54, 1.807) is 29.2 Å². The number of hydrogen-bond donors (Lipinski definition) is 2. The molecule has 0 bridgehead atoms. The van der Waals surface area contributed by atoms with Crippen LogP contribution in [0.5, 0.6) is 0 Å². The fourth-order valence-corrected chi connectivity index (χ4v) is 2.97. The Kier molecular flexibility index (Phi) is 5.49. The van der Waals surface area contributed by atoms with E-state index in [0.717, 1.165) is 18.5 Å². The SMILES string of the molecule is N#Cc1ccc(NC(=O)N2CCCC(C(=O)Nc3ccccc3)C2)cc1. The Hall–Kier alpha value is -3.33. The lowest BCUT2D eigenvalue weighted by Gasteiger charge is -2.32. The molecule has 3 rings (SSSR count).